The van der Waals surface area contributed by atoms with Crippen LogP contribution >= 0.6 is 0 Å². The molecule has 1 atom stereocenters. The van der Waals surface area contributed by atoms with Crippen molar-refractivity contribution in [2.45, 2.75) is 32.0 Å². The number of benzene rings is 1. The van der Waals surface area contributed by atoms with E-state index < -0.39 is 0 Å². The maximum Gasteiger partial charge on any atom is 0.260 e. The number of nitrogens with zero attached hydrogens (tertiary/aromatic N) is 2. The Morgan fingerprint density at radius 1 is 1.30 bits per heavy atom. The van der Waals surface area contributed by atoms with Gasteiger partial charge in [0.15, 0.2) is 0 Å². The summed E-state index contributed by atoms with van der Waals surface area (Å²) in [7, 11) is 1.78. The molecule has 1 N–H and O–H groups in total. The van der Waals surface area contributed by atoms with Crippen LogP contribution in [-0.4, -0.2) is 48.6 Å². The van der Waals surface area contributed by atoms with Gasteiger partial charge >= 0.3 is 0 Å². The van der Waals surface area contributed by atoms with Crippen molar-refractivity contribution < 1.29 is 18.7 Å². The molecule has 156 valence electrons. The maximum absolute atomic E-state index is 13.8. The minimum Gasteiger partial charge on any atom is -0.486 e. The Morgan fingerprint density at radius 2 is 2.20 bits per heavy atom. The van der Waals surface area contributed by atoms with E-state index in [1.807, 2.05) is 12.1 Å². The molecular formula is C23H24FN3O3. The molecule has 0 saturated carbocycles. The molecule has 0 spiro atoms. The number of carbonyl (C=O) groups is 1. The van der Waals surface area contributed by atoms with Crippen molar-refractivity contribution in [1.29, 1.82) is 0 Å². The maximum atomic E-state index is 13.8. The van der Waals surface area contributed by atoms with E-state index >= 15 is 0 Å². The third-order valence-corrected chi connectivity index (χ3v) is 6.06. The minimum absolute atomic E-state index is 0.277. The summed E-state index contributed by atoms with van der Waals surface area (Å²) in [6.07, 6.45) is 3.45. The molecule has 0 bridgehead atoms. The van der Waals surface area contributed by atoms with E-state index in [0.717, 1.165) is 55.8 Å². The van der Waals surface area contributed by atoms with E-state index in [1.165, 1.54) is 12.1 Å². The fourth-order valence-corrected chi connectivity index (χ4v) is 4.47. The van der Waals surface area contributed by atoms with Crippen molar-refractivity contribution in [2.24, 2.45) is 0 Å². The van der Waals surface area contributed by atoms with Crippen LogP contribution in [-0.2, 0) is 27.3 Å². The minimum atomic E-state index is -0.386. The first-order chi connectivity index (χ1) is 14.6. The molecule has 6 nitrogen and oxygen atoms in total. The molecule has 0 radical (unpaired) electrons. The number of likely N-dealkylation sites (tertiary alicyclic amines) is 1. The molecule has 1 aromatic carbocycles. The van der Waals surface area contributed by atoms with Gasteiger partial charge in [-0.15, -0.1) is 0 Å². The van der Waals surface area contributed by atoms with Crippen LogP contribution < -0.4 is 5.32 Å². The molecule has 3 aliphatic heterocycles. The van der Waals surface area contributed by atoms with E-state index in [1.54, 1.807) is 13.2 Å². The van der Waals surface area contributed by atoms with Gasteiger partial charge in [-0.25, -0.2) is 4.39 Å². The summed E-state index contributed by atoms with van der Waals surface area (Å²) in [5.74, 6) is -0.186. The van der Waals surface area contributed by atoms with E-state index in [4.69, 9.17) is 14.5 Å². The first-order valence-electron chi connectivity index (χ1n) is 10.3. The number of pyridine rings is 1. The summed E-state index contributed by atoms with van der Waals surface area (Å²) in [5, 5.41) is 2.78. The number of nitrogens with one attached hydrogen (secondary N) is 1. The first kappa shape index (κ1) is 19.2. The molecule has 7 heteroatoms. The summed E-state index contributed by atoms with van der Waals surface area (Å²) in [5.41, 5.74) is 4.13. The second-order valence-corrected chi connectivity index (χ2v) is 7.98. The van der Waals surface area contributed by atoms with Crippen molar-refractivity contribution in [3.8, 4) is 0 Å². The topological polar surface area (TPSA) is 63.7 Å². The highest BCUT2D eigenvalue weighted by Gasteiger charge is 2.33. The number of carbonyl (C=O) groups excluding carboxylic acids is 1. The monoisotopic (exact) mass is 409 g/mol. The quantitative estimate of drug-likeness (QED) is 0.786. The number of amides is 1. The number of hydrogen-bond acceptors (Lipinski definition) is 5. The highest BCUT2D eigenvalue weighted by molar-refractivity contribution is 6.36. The van der Waals surface area contributed by atoms with Gasteiger partial charge in [-0.05, 0) is 49.7 Å². The van der Waals surface area contributed by atoms with E-state index in [0.29, 0.717) is 35.3 Å². The third-order valence-electron chi connectivity index (χ3n) is 6.06. The SMILES string of the molecule is COC1CCCN(CCc2ccc3c(n2)COC3=C2C(=O)Nc3ccc(F)cc32)C1. The lowest BCUT2D eigenvalue weighted by atomic mass is 10.0. The number of rotatable bonds is 4. The molecule has 1 fully saturated rings. The number of aromatic nitrogens is 1. The van der Waals surface area contributed by atoms with Crippen LogP contribution in [0.4, 0.5) is 10.1 Å². The standard InChI is InChI=1S/C23H24FN3O3/c1-29-16-3-2-9-27(12-16)10-8-15-5-6-17-20(25-15)13-30-22(17)21-18-11-14(24)4-7-19(18)26-23(21)28/h4-7,11,16H,2-3,8-10,12-13H2,1H3,(H,26,28). The summed E-state index contributed by atoms with van der Waals surface area (Å²) < 4.78 is 25.1. The predicted molar refractivity (Wildman–Crippen MR) is 111 cm³/mol. The van der Waals surface area contributed by atoms with Gasteiger partial charge in [0, 0.05) is 49.1 Å². The molecule has 30 heavy (non-hydrogen) atoms. The van der Waals surface area contributed by atoms with Crippen LogP contribution in [0.15, 0.2) is 30.3 Å². The Bertz CT molecular complexity index is 1040. The van der Waals surface area contributed by atoms with Gasteiger partial charge in [0.25, 0.3) is 5.91 Å². The van der Waals surface area contributed by atoms with Gasteiger partial charge in [0.05, 0.1) is 17.4 Å². The first-order valence-corrected chi connectivity index (χ1v) is 10.3. The number of halogens is 1. The lowest BCUT2D eigenvalue weighted by molar-refractivity contribution is -0.110. The molecule has 3 aliphatic rings. The van der Waals surface area contributed by atoms with Gasteiger partial charge in [-0.3, -0.25) is 9.78 Å². The van der Waals surface area contributed by atoms with Crippen LogP contribution in [0.25, 0.3) is 11.3 Å². The van der Waals surface area contributed by atoms with Crippen molar-refractivity contribution in [1.82, 2.24) is 9.88 Å². The average Bonchev–Trinajstić information content (AvgIpc) is 3.31. The predicted octanol–water partition coefficient (Wildman–Crippen LogP) is 3.22. The van der Waals surface area contributed by atoms with Crippen molar-refractivity contribution in [2.75, 3.05) is 32.1 Å². The van der Waals surface area contributed by atoms with Gasteiger partial charge in [-0.2, -0.15) is 0 Å². The highest BCUT2D eigenvalue weighted by Crippen LogP contribution is 2.41. The van der Waals surface area contributed by atoms with Crippen LogP contribution in [0.2, 0.25) is 0 Å². The van der Waals surface area contributed by atoms with Crippen molar-refractivity contribution in [3.63, 3.8) is 0 Å². The highest BCUT2D eigenvalue weighted by atomic mass is 19.1. The molecule has 1 amide bonds. The fourth-order valence-electron chi connectivity index (χ4n) is 4.47. The number of piperidine rings is 1. The molecule has 1 saturated heterocycles. The molecule has 2 aromatic rings. The second kappa shape index (κ2) is 7.81. The van der Waals surface area contributed by atoms with Crippen LogP contribution in [0, 0.1) is 5.82 Å². The zero-order valence-electron chi connectivity index (χ0n) is 16.9. The lowest BCUT2D eigenvalue weighted by Crippen LogP contribution is -2.40. The number of anilines is 1. The number of methoxy groups -OCH3 is 1. The van der Waals surface area contributed by atoms with E-state index in [9.17, 15) is 9.18 Å². The molecule has 4 heterocycles. The van der Waals surface area contributed by atoms with E-state index in [-0.39, 0.29) is 11.7 Å². The molecule has 0 aliphatic carbocycles. The summed E-state index contributed by atoms with van der Waals surface area (Å²) in [6, 6.07) is 8.23. The fraction of sp³-hybridized carbons (Fsp3) is 0.391. The van der Waals surface area contributed by atoms with Crippen molar-refractivity contribution >= 4 is 22.9 Å². The summed E-state index contributed by atoms with van der Waals surface area (Å²) in [6.45, 7) is 3.31. The zero-order chi connectivity index (χ0) is 20.7. The van der Waals surface area contributed by atoms with Crippen LogP contribution in [0.5, 0.6) is 0 Å². The lowest BCUT2D eigenvalue weighted by Gasteiger charge is -2.31. The summed E-state index contributed by atoms with van der Waals surface area (Å²) in [4.78, 5) is 19.7. The molecule has 1 unspecified atom stereocenters. The zero-order valence-corrected chi connectivity index (χ0v) is 16.9. The number of ether oxygens (including phenoxy) is 2. The Balaban J connectivity index is 1.37. The number of hydrogen-bond donors (Lipinski definition) is 1. The molecular weight excluding hydrogens is 385 g/mol. The Labute approximate surface area is 174 Å². The van der Waals surface area contributed by atoms with E-state index in [2.05, 4.69) is 10.2 Å². The van der Waals surface area contributed by atoms with Gasteiger partial charge in [-0.1, -0.05) is 0 Å². The number of fused-ring (bicyclic) bond motifs is 2. The smallest absolute Gasteiger partial charge is 0.260 e. The normalized spacial score (nSPS) is 23.1. The van der Waals surface area contributed by atoms with Gasteiger partial charge < -0.3 is 19.7 Å². The third kappa shape index (κ3) is 3.48. The summed E-state index contributed by atoms with van der Waals surface area (Å²) >= 11 is 0. The largest absolute Gasteiger partial charge is 0.486 e. The Morgan fingerprint density at radius 3 is 3.07 bits per heavy atom. The van der Waals surface area contributed by atoms with Crippen molar-refractivity contribution in [3.05, 3.63) is 58.7 Å². The molecule has 5 rings (SSSR count). The Kier molecular flexibility index (Phi) is 5.00. The molecule has 1 aromatic heterocycles. The average molecular weight is 409 g/mol. The van der Waals surface area contributed by atoms with Crippen LogP contribution in [0.3, 0.4) is 0 Å². The Hall–Kier alpha value is -2.77. The van der Waals surface area contributed by atoms with Gasteiger partial charge in [0.1, 0.15) is 18.2 Å². The van der Waals surface area contributed by atoms with Gasteiger partial charge in [0.2, 0.25) is 0 Å². The van der Waals surface area contributed by atoms with Crippen LogP contribution in [0.1, 0.15) is 35.4 Å². The second-order valence-electron chi connectivity index (χ2n) is 7.98.